The second-order valence-electron chi connectivity index (χ2n) is 4.74. The highest BCUT2D eigenvalue weighted by Crippen LogP contribution is 2.25. The second kappa shape index (κ2) is 7.52. The first-order chi connectivity index (χ1) is 11.7. The molecule has 0 aliphatic heterocycles. The van der Waals surface area contributed by atoms with E-state index in [1.807, 2.05) is 0 Å². The Bertz CT molecular complexity index is 962. The first kappa shape index (κ1) is 19.4. The largest absolute Gasteiger partial charge is 0.465 e. The van der Waals surface area contributed by atoms with Crippen molar-refractivity contribution in [2.45, 2.75) is 16.7 Å². The monoisotopic (exact) mass is 404 g/mol. The molecule has 2 aromatic rings. The van der Waals surface area contributed by atoms with E-state index >= 15 is 0 Å². The maximum atomic E-state index is 12.4. The third-order valence-corrected chi connectivity index (χ3v) is 7.05. The molecule has 0 atom stereocenters. The number of hydrogen-bond acceptors (Lipinski definition) is 7. The Morgan fingerprint density at radius 2 is 1.72 bits per heavy atom. The SMILES string of the molecule is CCNS(=O)(=O)c1ccc(NS(=O)(=O)c2ccsc2C(=O)OC)cc1. The minimum absolute atomic E-state index is 0.0167. The van der Waals surface area contributed by atoms with Crippen molar-refractivity contribution < 1.29 is 26.4 Å². The summed E-state index contributed by atoms with van der Waals surface area (Å²) in [7, 11) is -6.48. The molecule has 11 heteroatoms. The van der Waals surface area contributed by atoms with Crippen molar-refractivity contribution in [2.75, 3.05) is 18.4 Å². The van der Waals surface area contributed by atoms with Gasteiger partial charge in [0.05, 0.1) is 12.0 Å². The summed E-state index contributed by atoms with van der Waals surface area (Å²) in [5.41, 5.74) is 0.164. The van der Waals surface area contributed by atoms with Gasteiger partial charge in [-0.3, -0.25) is 4.72 Å². The topological polar surface area (TPSA) is 119 Å². The number of methoxy groups -OCH3 is 1. The van der Waals surface area contributed by atoms with Crippen LogP contribution < -0.4 is 9.44 Å². The molecule has 2 N–H and O–H groups in total. The van der Waals surface area contributed by atoms with Gasteiger partial charge in [-0.1, -0.05) is 6.92 Å². The van der Waals surface area contributed by atoms with Crippen molar-refractivity contribution in [1.82, 2.24) is 4.72 Å². The lowest BCUT2D eigenvalue weighted by Gasteiger charge is -2.09. The van der Waals surface area contributed by atoms with E-state index in [9.17, 15) is 21.6 Å². The summed E-state index contributed by atoms with van der Waals surface area (Å²) < 4.78 is 57.8. The van der Waals surface area contributed by atoms with Crippen molar-refractivity contribution in [3.8, 4) is 0 Å². The van der Waals surface area contributed by atoms with Crippen LogP contribution in [0.25, 0.3) is 0 Å². The molecule has 1 heterocycles. The van der Waals surface area contributed by atoms with Gasteiger partial charge in [-0.25, -0.2) is 26.4 Å². The van der Waals surface area contributed by atoms with E-state index < -0.39 is 26.0 Å². The van der Waals surface area contributed by atoms with E-state index in [4.69, 9.17) is 0 Å². The molecule has 0 saturated heterocycles. The molecule has 1 aromatic heterocycles. The van der Waals surface area contributed by atoms with Crippen LogP contribution in [0.2, 0.25) is 0 Å². The van der Waals surface area contributed by atoms with E-state index in [-0.39, 0.29) is 26.9 Å². The van der Waals surface area contributed by atoms with E-state index in [0.29, 0.717) is 0 Å². The molecule has 25 heavy (non-hydrogen) atoms. The number of anilines is 1. The number of carbonyl (C=O) groups excluding carboxylic acids is 1. The molecule has 8 nitrogen and oxygen atoms in total. The average molecular weight is 404 g/mol. The van der Waals surface area contributed by atoms with E-state index in [0.717, 1.165) is 18.4 Å². The summed E-state index contributed by atoms with van der Waals surface area (Å²) in [4.78, 5) is 11.4. The fourth-order valence-corrected chi connectivity index (χ4v) is 5.37. The lowest BCUT2D eigenvalue weighted by Crippen LogP contribution is -2.23. The van der Waals surface area contributed by atoms with Gasteiger partial charge in [0.1, 0.15) is 9.77 Å². The summed E-state index contributed by atoms with van der Waals surface area (Å²) in [5.74, 6) is -0.748. The number of esters is 1. The van der Waals surface area contributed by atoms with Gasteiger partial charge in [0.25, 0.3) is 10.0 Å². The highest BCUT2D eigenvalue weighted by Gasteiger charge is 2.25. The van der Waals surface area contributed by atoms with Crippen molar-refractivity contribution in [2.24, 2.45) is 0 Å². The van der Waals surface area contributed by atoms with Crippen LogP contribution in [0.15, 0.2) is 45.5 Å². The zero-order valence-electron chi connectivity index (χ0n) is 13.3. The predicted octanol–water partition coefficient (Wildman–Crippen LogP) is 1.63. The summed E-state index contributed by atoms with van der Waals surface area (Å²) in [5, 5.41) is 1.47. The number of benzene rings is 1. The number of sulfonamides is 2. The number of rotatable bonds is 7. The molecule has 136 valence electrons. The number of carbonyl (C=O) groups is 1. The molecule has 0 saturated carbocycles. The molecule has 0 spiro atoms. The number of hydrogen-bond donors (Lipinski definition) is 2. The summed E-state index contributed by atoms with van der Waals surface area (Å²) in [6.45, 7) is 1.89. The molecular weight excluding hydrogens is 388 g/mol. The normalized spacial score (nSPS) is 11.9. The van der Waals surface area contributed by atoms with Crippen LogP contribution in [0.5, 0.6) is 0 Å². The van der Waals surface area contributed by atoms with Gasteiger partial charge in [0.15, 0.2) is 0 Å². The summed E-state index contributed by atoms with van der Waals surface area (Å²) >= 11 is 0.950. The van der Waals surface area contributed by atoms with Crippen molar-refractivity contribution in [3.63, 3.8) is 0 Å². The Labute approximate surface area is 149 Å². The van der Waals surface area contributed by atoms with E-state index in [1.165, 1.54) is 35.7 Å². The maximum absolute atomic E-state index is 12.4. The van der Waals surface area contributed by atoms with Crippen LogP contribution in [0.4, 0.5) is 5.69 Å². The predicted molar refractivity (Wildman–Crippen MR) is 93.8 cm³/mol. The highest BCUT2D eigenvalue weighted by molar-refractivity contribution is 7.93. The van der Waals surface area contributed by atoms with Crippen molar-refractivity contribution in [1.29, 1.82) is 0 Å². The summed E-state index contributed by atoms with van der Waals surface area (Å²) in [6, 6.07) is 6.51. The van der Waals surface area contributed by atoms with Gasteiger partial charge < -0.3 is 4.74 Å². The Morgan fingerprint density at radius 3 is 2.28 bits per heavy atom. The lowest BCUT2D eigenvalue weighted by molar-refractivity contribution is 0.0602. The van der Waals surface area contributed by atoms with Crippen LogP contribution in [0.1, 0.15) is 16.6 Å². The first-order valence-corrected chi connectivity index (χ1v) is 10.8. The lowest BCUT2D eigenvalue weighted by atomic mass is 10.3. The van der Waals surface area contributed by atoms with E-state index in [1.54, 1.807) is 6.92 Å². The Balaban J connectivity index is 2.28. The Kier molecular flexibility index (Phi) is 5.83. The quantitative estimate of drug-likeness (QED) is 0.677. The molecule has 2 rings (SSSR count). The second-order valence-corrected chi connectivity index (χ2v) is 9.07. The highest BCUT2D eigenvalue weighted by atomic mass is 32.2. The summed E-state index contributed by atoms with van der Waals surface area (Å²) in [6.07, 6.45) is 0. The molecule has 0 aliphatic carbocycles. The zero-order valence-corrected chi connectivity index (χ0v) is 15.8. The zero-order chi connectivity index (χ0) is 18.7. The van der Waals surface area contributed by atoms with Crippen LogP contribution >= 0.6 is 11.3 Å². The van der Waals surface area contributed by atoms with Crippen LogP contribution in [0, 0.1) is 0 Å². The number of ether oxygens (including phenoxy) is 1. The van der Waals surface area contributed by atoms with Gasteiger partial charge >= 0.3 is 5.97 Å². The van der Waals surface area contributed by atoms with E-state index in [2.05, 4.69) is 14.2 Å². The molecule has 1 aromatic carbocycles. The minimum Gasteiger partial charge on any atom is -0.465 e. The van der Waals surface area contributed by atoms with Gasteiger partial charge in [0, 0.05) is 12.2 Å². The number of nitrogens with one attached hydrogen (secondary N) is 2. The maximum Gasteiger partial charge on any atom is 0.349 e. The Hall–Kier alpha value is -1.95. The van der Waals surface area contributed by atoms with Gasteiger partial charge in [-0.05, 0) is 35.7 Å². The van der Waals surface area contributed by atoms with Crippen LogP contribution in [-0.4, -0.2) is 36.5 Å². The molecule has 0 unspecified atom stereocenters. The Morgan fingerprint density at radius 1 is 1.08 bits per heavy atom. The molecule has 0 fully saturated rings. The van der Waals surface area contributed by atoms with Crippen molar-refractivity contribution in [3.05, 3.63) is 40.6 Å². The molecule has 0 amide bonds. The molecule has 0 bridgehead atoms. The fraction of sp³-hybridized carbons (Fsp3) is 0.214. The average Bonchev–Trinajstić information content (AvgIpc) is 3.05. The van der Waals surface area contributed by atoms with Gasteiger partial charge in [0.2, 0.25) is 10.0 Å². The van der Waals surface area contributed by atoms with Crippen LogP contribution in [0.3, 0.4) is 0 Å². The van der Waals surface area contributed by atoms with Gasteiger partial charge in [-0.2, -0.15) is 0 Å². The molecule has 0 radical (unpaired) electrons. The van der Waals surface area contributed by atoms with Gasteiger partial charge in [-0.15, -0.1) is 11.3 Å². The molecule has 0 aliphatic rings. The standard InChI is InChI=1S/C14H16N2O6S3/c1-3-15-24(18,19)11-6-4-10(5-7-11)16-25(20,21)12-8-9-23-13(12)14(17)22-2/h4-9,15-16H,3H2,1-2H3. The third-order valence-electron chi connectivity index (χ3n) is 3.04. The fourth-order valence-electron chi connectivity index (χ4n) is 1.94. The van der Waals surface area contributed by atoms with Crippen molar-refractivity contribution >= 4 is 43.0 Å². The third kappa shape index (κ3) is 4.37. The van der Waals surface area contributed by atoms with Crippen LogP contribution in [-0.2, 0) is 24.8 Å². The first-order valence-electron chi connectivity index (χ1n) is 6.99. The molecular formula is C14H16N2O6S3. The minimum atomic E-state index is -4.02. The smallest absolute Gasteiger partial charge is 0.349 e. The number of thiophene rings is 1.